The average molecular weight is 235 g/mol. The lowest BCUT2D eigenvalue weighted by atomic mass is 9.84. The van der Waals surface area contributed by atoms with Gasteiger partial charge in [0, 0.05) is 12.6 Å². The van der Waals surface area contributed by atoms with E-state index in [1.54, 1.807) is 0 Å². The van der Waals surface area contributed by atoms with E-state index in [2.05, 4.69) is 51.2 Å². The van der Waals surface area contributed by atoms with E-state index in [0.717, 1.165) is 6.42 Å². The molecule has 0 bridgehead atoms. The lowest BCUT2D eigenvalue weighted by molar-refractivity contribution is 0.268. The van der Waals surface area contributed by atoms with Crippen LogP contribution in [0.3, 0.4) is 0 Å². The van der Waals surface area contributed by atoms with Crippen LogP contribution in [0.15, 0.2) is 18.2 Å². The van der Waals surface area contributed by atoms with Gasteiger partial charge in [-0.05, 0) is 42.5 Å². The topological polar surface area (TPSA) is 32.3 Å². The van der Waals surface area contributed by atoms with E-state index in [0.29, 0.717) is 0 Å². The van der Waals surface area contributed by atoms with Gasteiger partial charge in [0.25, 0.3) is 0 Å². The molecule has 0 radical (unpaired) electrons. The summed E-state index contributed by atoms with van der Waals surface area (Å²) in [5.41, 5.74) is 4.09. The van der Waals surface area contributed by atoms with Gasteiger partial charge in [-0.3, -0.25) is 0 Å². The lowest BCUT2D eigenvalue weighted by Gasteiger charge is -2.24. The van der Waals surface area contributed by atoms with Crippen molar-refractivity contribution < 1.29 is 5.11 Å². The number of nitrogens with one attached hydrogen (secondary N) is 1. The van der Waals surface area contributed by atoms with Crippen LogP contribution >= 0.6 is 0 Å². The zero-order chi connectivity index (χ0) is 13.1. The van der Waals surface area contributed by atoms with E-state index in [1.807, 2.05) is 7.05 Å². The average Bonchev–Trinajstić information content (AvgIpc) is 2.25. The molecule has 0 aliphatic heterocycles. The third-order valence-corrected chi connectivity index (χ3v) is 3.29. The van der Waals surface area contributed by atoms with Crippen LogP contribution in [0.1, 0.15) is 49.9 Å². The van der Waals surface area contributed by atoms with E-state index in [-0.39, 0.29) is 18.1 Å². The molecule has 0 saturated carbocycles. The third-order valence-electron chi connectivity index (χ3n) is 3.29. The molecular weight excluding hydrogens is 210 g/mol. The molecule has 0 heterocycles. The minimum Gasteiger partial charge on any atom is -0.396 e. The Labute approximate surface area is 105 Å². The van der Waals surface area contributed by atoms with Crippen LogP contribution in [-0.4, -0.2) is 18.8 Å². The summed E-state index contributed by atoms with van der Waals surface area (Å²) in [6.07, 6.45) is 0.755. The quantitative estimate of drug-likeness (QED) is 0.841. The molecule has 1 atom stereocenters. The van der Waals surface area contributed by atoms with Crippen LogP contribution < -0.4 is 5.32 Å². The number of benzene rings is 1. The van der Waals surface area contributed by atoms with Gasteiger partial charge in [-0.2, -0.15) is 0 Å². The maximum Gasteiger partial charge on any atom is 0.0449 e. The summed E-state index contributed by atoms with van der Waals surface area (Å²) in [5, 5.41) is 12.4. The Morgan fingerprint density at radius 1 is 1.29 bits per heavy atom. The number of aliphatic hydroxyl groups excluding tert-OH is 1. The lowest BCUT2D eigenvalue weighted by Crippen LogP contribution is -2.20. The Bertz CT molecular complexity index is 366. The Hall–Kier alpha value is -0.860. The first-order valence-corrected chi connectivity index (χ1v) is 6.29. The van der Waals surface area contributed by atoms with Gasteiger partial charge in [-0.15, -0.1) is 0 Å². The van der Waals surface area contributed by atoms with Gasteiger partial charge < -0.3 is 10.4 Å². The molecule has 1 unspecified atom stereocenters. The summed E-state index contributed by atoms with van der Waals surface area (Å²) in [5.74, 6) is 0. The highest BCUT2D eigenvalue weighted by molar-refractivity contribution is 5.36. The fourth-order valence-electron chi connectivity index (χ4n) is 2.07. The molecule has 17 heavy (non-hydrogen) atoms. The van der Waals surface area contributed by atoms with Crippen molar-refractivity contribution in [2.75, 3.05) is 13.7 Å². The smallest absolute Gasteiger partial charge is 0.0449 e. The van der Waals surface area contributed by atoms with Gasteiger partial charge >= 0.3 is 0 Å². The molecule has 1 aromatic rings. The van der Waals surface area contributed by atoms with Crippen LogP contribution in [0.4, 0.5) is 0 Å². The first-order valence-electron chi connectivity index (χ1n) is 6.29. The summed E-state index contributed by atoms with van der Waals surface area (Å²) in [6.45, 7) is 9.01. The summed E-state index contributed by atoms with van der Waals surface area (Å²) in [6, 6.07) is 6.89. The highest BCUT2D eigenvalue weighted by Crippen LogP contribution is 2.28. The minimum absolute atomic E-state index is 0.167. The summed E-state index contributed by atoms with van der Waals surface area (Å²) in [7, 11) is 1.95. The van der Waals surface area contributed by atoms with Gasteiger partial charge in [0.2, 0.25) is 0 Å². The van der Waals surface area contributed by atoms with Crippen molar-refractivity contribution in [3.05, 3.63) is 34.9 Å². The van der Waals surface area contributed by atoms with E-state index < -0.39 is 0 Å². The first-order chi connectivity index (χ1) is 7.90. The largest absolute Gasteiger partial charge is 0.396 e. The molecule has 0 amide bonds. The summed E-state index contributed by atoms with van der Waals surface area (Å²) < 4.78 is 0. The molecule has 0 aliphatic rings. The van der Waals surface area contributed by atoms with Crippen LogP contribution in [0, 0.1) is 6.92 Å². The zero-order valence-electron chi connectivity index (χ0n) is 11.7. The second kappa shape index (κ2) is 5.65. The van der Waals surface area contributed by atoms with Crippen molar-refractivity contribution >= 4 is 0 Å². The van der Waals surface area contributed by atoms with Crippen molar-refractivity contribution in [2.45, 2.75) is 45.6 Å². The number of aryl methyl sites for hydroxylation is 1. The molecule has 1 rings (SSSR count). The van der Waals surface area contributed by atoms with Gasteiger partial charge in [-0.25, -0.2) is 0 Å². The number of aliphatic hydroxyl groups is 1. The Morgan fingerprint density at radius 3 is 2.41 bits per heavy atom. The number of hydrogen-bond acceptors (Lipinski definition) is 2. The highest BCUT2D eigenvalue weighted by Gasteiger charge is 2.17. The number of hydrogen-bond donors (Lipinski definition) is 2. The van der Waals surface area contributed by atoms with Crippen LogP contribution in [-0.2, 0) is 5.41 Å². The molecule has 2 N–H and O–H groups in total. The maximum absolute atomic E-state index is 9.11. The number of rotatable bonds is 4. The molecule has 96 valence electrons. The molecular formula is C15H25NO. The normalized spacial score (nSPS) is 13.8. The Morgan fingerprint density at radius 2 is 1.94 bits per heavy atom. The molecule has 0 fully saturated rings. The second-order valence-corrected chi connectivity index (χ2v) is 5.67. The van der Waals surface area contributed by atoms with Crippen molar-refractivity contribution in [2.24, 2.45) is 0 Å². The Kier molecular flexibility index (Phi) is 4.72. The van der Waals surface area contributed by atoms with E-state index in [9.17, 15) is 0 Å². The van der Waals surface area contributed by atoms with Crippen LogP contribution in [0.25, 0.3) is 0 Å². The van der Waals surface area contributed by atoms with Crippen LogP contribution in [0.5, 0.6) is 0 Å². The standard InChI is InChI=1S/C15H25NO/c1-11-6-7-12(15(2,3)4)10-13(11)14(16-5)8-9-17/h6-7,10,14,16-17H,8-9H2,1-5H3. The minimum atomic E-state index is 0.167. The second-order valence-electron chi connectivity index (χ2n) is 5.67. The molecule has 1 aromatic carbocycles. The van der Waals surface area contributed by atoms with E-state index in [4.69, 9.17) is 5.11 Å². The van der Waals surface area contributed by atoms with Gasteiger partial charge in [0.15, 0.2) is 0 Å². The van der Waals surface area contributed by atoms with Gasteiger partial charge in [-0.1, -0.05) is 39.0 Å². The van der Waals surface area contributed by atoms with Crippen molar-refractivity contribution in [1.82, 2.24) is 5.32 Å². The Balaban J connectivity index is 3.13. The van der Waals surface area contributed by atoms with Gasteiger partial charge in [0.1, 0.15) is 0 Å². The molecule has 0 aromatic heterocycles. The zero-order valence-corrected chi connectivity index (χ0v) is 11.7. The first kappa shape index (κ1) is 14.2. The highest BCUT2D eigenvalue weighted by atomic mass is 16.3. The molecule has 2 heteroatoms. The molecule has 2 nitrogen and oxygen atoms in total. The van der Waals surface area contributed by atoms with E-state index >= 15 is 0 Å². The maximum atomic E-state index is 9.11. The predicted molar refractivity (Wildman–Crippen MR) is 73.4 cm³/mol. The van der Waals surface area contributed by atoms with Gasteiger partial charge in [0.05, 0.1) is 0 Å². The fraction of sp³-hybridized carbons (Fsp3) is 0.600. The molecule has 0 aliphatic carbocycles. The summed E-state index contributed by atoms with van der Waals surface area (Å²) in [4.78, 5) is 0. The van der Waals surface area contributed by atoms with Crippen molar-refractivity contribution in [3.8, 4) is 0 Å². The van der Waals surface area contributed by atoms with Crippen molar-refractivity contribution in [1.29, 1.82) is 0 Å². The predicted octanol–water partition coefficient (Wildman–Crippen LogP) is 2.94. The third kappa shape index (κ3) is 3.55. The SMILES string of the molecule is CNC(CCO)c1cc(C(C)(C)C)ccc1C. The fourth-order valence-corrected chi connectivity index (χ4v) is 2.07. The van der Waals surface area contributed by atoms with Crippen molar-refractivity contribution in [3.63, 3.8) is 0 Å². The molecule has 0 spiro atoms. The van der Waals surface area contributed by atoms with Crippen LogP contribution in [0.2, 0.25) is 0 Å². The monoisotopic (exact) mass is 235 g/mol. The molecule has 0 saturated heterocycles. The summed E-state index contributed by atoms with van der Waals surface area (Å²) >= 11 is 0. The van der Waals surface area contributed by atoms with E-state index in [1.165, 1.54) is 16.7 Å².